The minimum absolute atomic E-state index is 0.516. The van der Waals surface area contributed by atoms with Gasteiger partial charge in [-0.05, 0) is 30.4 Å². The van der Waals surface area contributed by atoms with Crippen LogP contribution >= 0.6 is 11.6 Å². The molecule has 2 rings (SSSR count). The zero-order chi connectivity index (χ0) is 8.39. The molecule has 0 spiro atoms. The SMILES string of the molecule is Clc1nncn1CC1CCCC1. The summed E-state index contributed by atoms with van der Waals surface area (Å²) in [7, 11) is 0. The van der Waals surface area contributed by atoms with Gasteiger partial charge in [0.1, 0.15) is 6.33 Å². The third-order valence-corrected chi connectivity index (χ3v) is 2.79. The van der Waals surface area contributed by atoms with Crippen LogP contribution in [-0.4, -0.2) is 14.8 Å². The van der Waals surface area contributed by atoms with Crippen LogP contribution in [0.4, 0.5) is 0 Å². The molecule has 1 heterocycles. The lowest BCUT2D eigenvalue weighted by atomic mass is 10.1. The highest BCUT2D eigenvalue weighted by atomic mass is 35.5. The van der Waals surface area contributed by atoms with Crippen molar-refractivity contribution < 1.29 is 0 Å². The lowest BCUT2D eigenvalue weighted by Crippen LogP contribution is -2.06. The van der Waals surface area contributed by atoms with Crippen LogP contribution < -0.4 is 0 Å². The van der Waals surface area contributed by atoms with E-state index in [-0.39, 0.29) is 0 Å². The Labute approximate surface area is 76.7 Å². The Morgan fingerprint density at radius 3 is 2.83 bits per heavy atom. The molecule has 0 aliphatic heterocycles. The van der Waals surface area contributed by atoms with Crippen molar-refractivity contribution in [2.45, 2.75) is 32.2 Å². The summed E-state index contributed by atoms with van der Waals surface area (Å²) in [6.07, 6.45) is 7.10. The van der Waals surface area contributed by atoms with Gasteiger partial charge in [0.05, 0.1) is 0 Å². The third-order valence-electron chi connectivity index (χ3n) is 2.50. The first-order chi connectivity index (χ1) is 5.86. The number of nitrogens with zero attached hydrogens (tertiary/aromatic N) is 3. The quantitative estimate of drug-likeness (QED) is 0.707. The Kier molecular flexibility index (Phi) is 2.30. The van der Waals surface area contributed by atoms with E-state index in [1.54, 1.807) is 6.33 Å². The number of halogens is 1. The van der Waals surface area contributed by atoms with Gasteiger partial charge in [0.15, 0.2) is 0 Å². The van der Waals surface area contributed by atoms with E-state index in [4.69, 9.17) is 11.6 Å². The fourth-order valence-corrected chi connectivity index (χ4v) is 1.99. The van der Waals surface area contributed by atoms with Gasteiger partial charge < -0.3 is 4.57 Å². The van der Waals surface area contributed by atoms with Crippen LogP contribution in [0, 0.1) is 5.92 Å². The predicted octanol–water partition coefficient (Wildman–Crippen LogP) is 2.12. The molecule has 0 aromatic carbocycles. The molecule has 0 saturated heterocycles. The van der Waals surface area contributed by atoms with Crippen LogP contribution in [0.2, 0.25) is 5.28 Å². The minimum Gasteiger partial charge on any atom is -0.304 e. The van der Waals surface area contributed by atoms with E-state index in [1.165, 1.54) is 25.7 Å². The van der Waals surface area contributed by atoms with E-state index >= 15 is 0 Å². The number of rotatable bonds is 2. The summed E-state index contributed by atoms with van der Waals surface area (Å²) >= 11 is 5.81. The maximum Gasteiger partial charge on any atom is 0.224 e. The molecule has 4 heteroatoms. The van der Waals surface area contributed by atoms with Crippen LogP contribution in [0.3, 0.4) is 0 Å². The largest absolute Gasteiger partial charge is 0.304 e. The Morgan fingerprint density at radius 1 is 1.50 bits per heavy atom. The summed E-state index contributed by atoms with van der Waals surface area (Å²) in [6.45, 7) is 0.992. The molecule has 0 N–H and O–H groups in total. The second-order valence-electron chi connectivity index (χ2n) is 3.40. The van der Waals surface area contributed by atoms with Crippen LogP contribution in [0.5, 0.6) is 0 Å². The van der Waals surface area contributed by atoms with Gasteiger partial charge in [-0.15, -0.1) is 10.2 Å². The smallest absolute Gasteiger partial charge is 0.224 e. The van der Waals surface area contributed by atoms with Crippen LogP contribution in [0.1, 0.15) is 25.7 Å². The van der Waals surface area contributed by atoms with Crippen LogP contribution in [0.25, 0.3) is 0 Å². The monoisotopic (exact) mass is 185 g/mol. The number of hydrogen-bond donors (Lipinski definition) is 0. The molecule has 12 heavy (non-hydrogen) atoms. The molecule has 0 unspecified atom stereocenters. The Bertz CT molecular complexity index is 253. The molecule has 0 radical (unpaired) electrons. The predicted molar refractivity (Wildman–Crippen MR) is 47.0 cm³/mol. The Morgan fingerprint density at radius 2 is 2.25 bits per heavy atom. The van der Waals surface area contributed by atoms with E-state index in [1.807, 2.05) is 4.57 Å². The second-order valence-corrected chi connectivity index (χ2v) is 3.74. The molecule has 0 atom stereocenters. The first kappa shape index (κ1) is 8.05. The van der Waals surface area contributed by atoms with Crippen LogP contribution in [-0.2, 0) is 6.54 Å². The second kappa shape index (κ2) is 3.44. The maximum absolute atomic E-state index is 5.81. The zero-order valence-electron chi connectivity index (χ0n) is 6.91. The van der Waals surface area contributed by atoms with E-state index in [0.29, 0.717) is 5.28 Å². The van der Waals surface area contributed by atoms with Crippen molar-refractivity contribution in [2.24, 2.45) is 5.92 Å². The van der Waals surface area contributed by atoms with E-state index in [2.05, 4.69) is 10.2 Å². The molecule has 1 aromatic rings. The fraction of sp³-hybridized carbons (Fsp3) is 0.750. The standard InChI is InChI=1S/C8H12ClN3/c9-8-11-10-6-12(8)5-7-3-1-2-4-7/h6-7H,1-5H2. The highest BCUT2D eigenvalue weighted by molar-refractivity contribution is 6.28. The molecule has 1 aliphatic rings. The molecular weight excluding hydrogens is 174 g/mol. The molecule has 66 valence electrons. The molecule has 3 nitrogen and oxygen atoms in total. The summed E-state index contributed by atoms with van der Waals surface area (Å²) in [6, 6.07) is 0. The van der Waals surface area contributed by atoms with Gasteiger partial charge in [-0.3, -0.25) is 0 Å². The molecule has 1 aliphatic carbocycles. The molecule has 1 aromatic heterocycles. The summed E-state index contributed by atoms with van der Waals surface area (Å²) in [5.41, 5.74) is 0. The lowest BCUT2D eigenvalue weighted by molar-refractivity contribution is 0.457. The van der Waals surface area contributed by atoms with E-state index in [0.717, 1.165) is 12.5 Å². The van der Waals surface area contributed by atoms with Gasteiger partial charge in [0.25, 0.3) is 0 Å². The average Bonchev–Trinajstić information content (AvgIpc) is 2.65. The zero-order valence-corrected chi connectivity index (χ0v) is 7.67. The molecule has 0 amide bonds. The van der Waals surface area contributed by atoms with Crippen molar-refractivity contribution in [1.82, 2.24) is 14.8 Å². The van der Waals surface area contributed by atoms with Crippen molar-refractivity contribution in [3.63, 3.8) is 0 Å². The third kappa shape index (κ3) is 1.61. The average molecular weight is 186 g/mol. The Balaban J connectivity index is 1.98. The van der Waals surface area contributed by atoms with Crippen molar-refractivity contribution in [2.75, 3.05) is 0 Å². The van der Waals surface area contributed by atoms with Gasteiger partial charge >= 0.3 is 0 Å². The summed E-state index contributed by atoms with van der Waals surface area (Å²) in [5, 5.41) is 8.00. The molecule has 1 fully saturated rings. The molecular formula is C8H12ClN3. The first-order valence-corrected chi connectivity index (χ1v) is 4.77. The summed E-state index contributed by atoms with van der Waals surface area (Å²) in [4.78, 5) is 0. The van der Waals surface area contributed by atoms with Crippen LogP contribution in [0.15, 0.2) is 6.33 Å². The van der Waals surface area contributed by atoms with E-state index < -0.39 is 0 Å². The summed E-state index contributed by atoms with van der Waals surface area (Å²) < 4.78 is 1.93. The minimum atomic E-state index is 0.516. The normalized spacial score (nSPS) is 18.8. The lowest BCUT2D eigenvalue weighted by Gasteiger charge is -2.08. The fourth-order valence-electron chi connectivity index (χ4n) is 1.83. The van der Waals surface area contributed by atoms with Gasteiger partial charge in [-0.2, -0.15) is 0 Å². The number of hydrogen-bond acceptors (Lipinski definition) is 2. The van der Waals surface area contributed by atoms with Gasteiger partial charge in [0, 0.05) is 6.54 Å². The van der Waals surface area contributed by atoms with Crippen molar-refractivity contribution in [3.8, 4) is 0 Å². The maximum atomic E-state index is 5.81. The summed E-state index contributed by atoms with van der Waals surface area (Å²) in [5.74, 6) is 0.790. The van der Waals surface area contributed by atoms with Crippen molar-refractivity contribution in [3.05, 3.63) is 11.6 Å². The highest BCUT2D eigenvalue weighted by Gasteiger charge is 2.16. The van der Waals surface area contributed by atoms with Crippen molar-refractivity contribution in [1.29, 1.82) is 0 Å². The molecule has 0 bridgehead atoms. The van der Waals surface area contributed by atoms with Gasteiger partial charge in [0.2, 0.25) is 5.28 Å². The topological polar surface area (TPSA) is 30.7 Å². The van der Waals surface area contributed by atoms with Gasteiger partial charge in [-0.25, -0.2) is 0 Å². The molecule has 1 saturated carbocycles. The first-order valence-electron chi connectivity index (χ1n) is 4.39. The van der Waals surface area contributed by atoms with Gasteiger partial charge in [-0.1, -0.05) is 12.8 Å². The van der Waals surface area contributed by atoms with E-state index in [9.17, 15) is 0 Å². The highest BCUT2D eigenvalue weighted by Crippen LogP contribution is 2.26. The number of aromatic nitrogens is 3. The Hall–Kier alpha value is -0.570. The van der Waals surface area contributed by atoms with Crippen molar-refractivity contribution >= 4 is 11.6 Å².